The van der Waals surface area contributed by atoms with Gasteiger partial charge in [-0.25, -0.2) is 21.5 Å². The Morgan fingerprint density at radius 3 is 2.57 bits per heavy atom. The number of nitrogens with two attached hydrogens (primary N) is 2. The maximum atomic E-state index is 11.9. The molecule has 0 saturated carbocycles. The minimum Gasteiger partial charge on any atom is -0.496 e. The largest absolute Gasteiger partial charge is 0.496 e. The Morgan fingerprint density at radius 2 is 1.90 bits per heavy atom. The highest BCUT2D eigenvalue weighted by molar-refractivity contribution is 5.91. The molecule has 5 N–H and O–H groups in total. The minimum atomic E-state index is -0.657. The summed E-state index contributed by atoms with van der Waals surface area (Å²) in [5.41, 5.74) is 7.07. The third-order valence-corrected chi connectivity index (χ3v) is 4.76. The van der Waals surface area contributed by atoms with Crippen LogP contribution in [0.2, 0.25) is 0 Å². The van der Waals surface area contributed by atoms with E-state index in [9.17, 15) is 4.79 Å². The molecule has 0 unspecified atom stereocenters. The first-order chi connectivity index (χ1) is 14.5. The van der Waals surface area contributed by atoms with Crippen molar-refractivity contribution < 1.29 is 14.3 Å². The Morgan fingerprint density at radius 1 is 1.10 bits per heavy atom. The van der Waals surface area contributed by atoms with Gasteiger partial charge >= 0.3 is 6.03 Å². The number of nitrogens with one attached hydrogen (secondary N) is 1. The molecule has 2 amide bonds. The number of methoxy groups -OCH3 is 1. The Kier molecular flexibility index (Phi) is 6.51. The van der Waals surface area contributed by atoms with Crippen LogP contribution in [0.4, 0.5) is 10.5 Å². The monoisotopic (exact) mass is 407 g/mol. The van der Waals surface area contributed by atoms with Gasteiger partial charge in [-0.3, -0.25) is 10.4 Å². The second-order valence-corrected chi connectivity index (χ2v) is 6.72. The van der Waals surface area contributed by atoms with E-state index in [0.717, 1.165) is 27.4 Å². The molecule has 0 atom stereocenters. The van der Waals surface area contributed by atoms with Crippen molar-refractivity contribution in [2.45, 2.75) is 20.5 Å². The molecule has 0 fully saturated rings. The molecule has 0 spiro atoms. The van der Waals surface area contributed by atoms with Crippen molar-refractivity contribution in [3.63, 3.8) is 0 Å². The minimum absolute atomic E-state index is 0.147. The van der Waals surface area contributed by atoms with Gasteiger partial charge in [0.05, 0.1) is 24.1 Å². The molecule has 0 saturated heterocycles. The molecular weight excluding hydrogens is 382 g/mol. The number of urea groups is 1. The summed E-state index contributed by atoms with van der Waals surface area (Å²) in [6.07, 6.45) is 1.78. The summed E-state index contributed by atoms with van der Waals surface area (Å²) in [4.78, 5) is 16.3. The molecule has 8 heteroatoms. The summed E-state index contributed by atoms with van der Waals surface area (Å²) in [6.45, 7) is 4.15. The van der Waals surface area contributed by atoms with E-state index in [2.05, 4.69) is 4.98 Å². The molecule has 1 heterocycles. The lowest BCUT2D eigenvalue weighted by Gasteiger charge is -2.21. The maximum Gasteiger partial charge on any atom is 0.350 e. The number of nitrogens with zero attached hydrogens (tertiary/aromatic N) is 2. The lowest BCUT2D eigenvalue weighted by molar-refractivity contribution is 0.246. The number of ether oxygens (including phenoxy) is 2. The normalized spacial score (nSPS) is 10.4. The molecule has 1 aromatic heterocycles. The number of pyridine rings is 1. The van der Waals surface area contributed by atoms with Crippen molar-refractivity contribution in [2.24, 2.45) is 11.7 Å². The number of benzene rings is 2. The van der Waals surface area contributed by atoms with Crippen LogP contribution in [-0.2, 0) is 6.61 Å². The van der Waals surface area contributed by atoms with Gasteiger partial charge in [-0.15, -0.1) is 0 Å². The van der Waals surface area contributed by atoms with E-state index in [-0.39, 0.29) is 6.61 Å². The number of rotatable bonds is 6. The highest BCUT2D eigenvalue weighted by Gasteiger charge is 2.18. The van der Waals surface area contributed by atoms with Gasteiger partial charge in [0.15, 0.2) is 0 Å². The number of aryl methyl sites for hydroxylation is 2. The standard InChI is InChI=1S/C22H25N5O3/c1-14-6-5-11-25-21(14)16-9-10-19(15(2)12-16)30-13-17-18(27(24)22(28)26-23)7-4-8-20(17)29-3/h4-12H,13,23-24H2,1-3H3,(H,26,28). The van der Waals surface area contributed by atoms with E-state index in [1.165, 1.54) is 0 Å². The van der Waals surface area contributed by atoms with Crippen LogP contribution < -0.4 is 31.6 Å². The van der Waals surface area contributed by atoms with Crippen molar-refractivity contribution in [3.05, 3.63) is 71.4 Å². The summed E-state index contributed by atoms with van der Waals surface area (Å²) in [6, 6.07) is 14.4. The van der Waals surface area contributed by atoms with E-state index >= 15 is 0 Å². The quantitative estimate of drug-likeness (QED) is 0.328. The molecule has 0 radical (unpaired) electrons. The Balaban J connectivity index is 1.87. The lowest BCUT2D eigenvalue weighted by atomic mass is 10.0. The fraction of sp³-hybridized carbons (Fsp3) is 0.182. The molecule has 30 heavy (non-hydrogen) atoms. The topological polar surface area (TPSA) is 116 Å². The number of hydrogen-bond acceptors (Lipinski definition) is 6. The van der Waals surface area contributed by atoms with Crippen molar-refractivity contribution in [1.82, 2.24) is 10.4 Å². The third kappa shape index (κ3) is 4.35. The first-order valence-corrected chi connectivity index (χ1v) is 9.33. The van der Waals surface area contributed by atoms with Gasteiger partial charge in [0, 0.05) is 11.8 Å². The number of carbonyl (C=O) groups is 1. The molecular formula is C22H25N5O3. The molecule has 3 aromatic rings. The number of anilines is 1. The van der Waals surface area contributed by atoms with Gasteiger partial charge in [-0.2, -0.15) is 0 Å². The molecule has 0 aliphatic carbocycles. The average molecular weight is 407 g/mol. The van der Waals surface area contributed by atoms with Crippen LogP contribution in [0.25, 0.3) is 11.3 Å². The van der Waals surface area contributed by atoms with Crippen LogP contribution in [0, 0.1) is 13.8 Å². The number of hydrogen-bond donors (Lipinski definition) is 3. The fourth-order valence-corrected chi connectivity index (χ4v) is 3.19. The summed E-state index contributed by atoms with van der Waals surface area (Å²) in [5, 5.41) is 0.918. The average Bonchev–Trinajstić information content (AvgIpc) is 2.77. The second kappa shape index (κ2) is 9.25. The first-order valence-electron chi connectivity index (χ1n) is 9.33. The second-order valence-electron chi connectivity index (χ2n) is 6.72. The summed E-state index contributed by atoms with van der Waals surface area (Å²) >= 11 is 0. The first kappa shape index (κ1) is 21.1. The Labute approximate surface area is 175 Å². The van der Waals surface area contributed by atoms with Gasteiger partial charge in [0.2, 0.25) is 0 Å². The summed E-state index contributed by atoms with van der Waals surface area (Å²) in [7, 11) is 1.54. The Hall–Kier alpha value is -3.62. The van der Waals surface area contributed by atoms with Crippen LogP contribution >= 0.6 is 0 Å². The van der Waals surface area contributed by atoms with Crippen LogP contribution in [-0.4, -0.2) is 18.1 Å². The Bertz CT molecular complexity index is 1050. The van der Waals surface area contributed by atoms with E-state index < -0.39 is 6.03 Å². The molecule has 0 aliphatic heterocycles. The highest BCUT2D eigenvalue weighted by Crippen LogP contribution is 2.32. The highest BCUT2D eigenvalue weighted by atomic mass is 16.5. The SMILES string of the molecule is COc1cccc(N(N)C(=O)NN)c1COc1ccc(-c2ncccc2C)cc1C. The summed E-state index contributed by atoms with van der Waals surface area (Å²) in [5.74, 6) is 12.3. The zero-order chi connectivity index (χ0) is 21.7. The third-order valence-electron chi connectivity index (χ3n) is 4.76. The zero-order valence-electron chi connectivity index (χ0n) is 17.2. The zero-order valence-corrected chi connectivity index (χ0v) is 17.2. The molecule has 2 aromatic carbocycles. The van der Waals surface area contributed by atoms with Gasteiger partial charge < -0.3 is 9.47 Å². The van der Waals surface area contributed by atoms with E-state index in [0.29, 0.717) is 22.7 Å². The molecule has 8 nitrogen and oxygen atoms in total. The molecule has 3 rings (SSSR count). The van der Waals surface area contributed by atoms with Crippen molar-refractivity contribution >= 4 is 11.7 Å². The van der Waals surface area contributed by atoms with Crippen LogP contribution in [0.3, 0.4) is 0 Å². The van der Waals surface area contributed by atoms with Gasteiger partial charge in [-0.05, 0) is 61.4 Å². The fourth-order valence-electron chi connectivity index (χ4n) is 3.19. The predicted molar refractivity (Wildman–Crippen MR) is 116 cm³/mol. The van der Waals surface area contributed by atoms with E-state index in [1.807, 2.05) is 49.6 Å². The van der Waals surface area contributed by atoms with Gasteiger partial charge in [0.25, 0.3) is 0 Å². The van der Waals surface area contributed by atoms with E-state index in [4.69, 9.17) is 21.2 Å². The lowest BCUT2D eigenvalue weighted by Crippen LogP contribution is -2.48. The smallest absolute Gasteiger partial charge is 0.350 e. The van der Waals surface area contributed by atoms with E-state index in [1.54, 1.807) is 31.5 Å². The number of amides is 2. The predicted octanol–water partition coefficient (Wildman–Crippen LogP) is 3.22. The van der Waals surface area contributed by atoms with Crippen molar-refractivity contribution in [1.29, 1.82) is 0 Å². The summed E-state index contributed by atoms with van der Waals surface area (Å²) < 4.78 is 11.5. The number of aromatic nitrogens is 1. The molecule has 0 bridgehead atoms. The van der Waals surface area contributed by atoms with Crippen LogP contribution in [0.15, 0.2) is 54.7 Å². The maximum absolute atomic E-state index is 11.9. The molecule has 156 valence electrons. The van der Waals surface area contributed by atoms with Crippen molar-refractivity contribution in [2.75, 3.05) is 12.1 Å². The van der Waals surface area contributed by atoms with Gasteiger partial charge in [0.1, 0.15) is 18.1 Å². The van der Waals surface area contributed by atoms with Crippen LogP contribution in [0.5, 0.6) is 11.5 Å². The van der Waals surface area contributed by atoms with Crippen molar-refractivity contribution in [3.8, 4) is 22.8 Å². The van der Waals surface area contributed by atoms with Gasteiger partial charge in [-0.1, -0.05) is 12.1 Å². The van der Waals surface area contributed by atoms with Crippen LogP contribution in [0.1, 0.15) is 16.7 Å². The number of carbonyl (C=O) groups excluding carboxylic acids is 1. The number of hydrazine groups is 2. The molecule has 0 aliphatic rings.